The predicted molar refractivity (Wildman–Crippen MR) is 237 cm³/mol. The van der Waals surface area contributed by atoms with Gasteiger partial charge in [0, 0.05) is 23.0 Å². The highest BCUT2D eigenvalue weighted by atomic mass is 16.3. The molecule has 0 aliphatic heterocycles. The molecule has 0 radical (unpaired) electrons. The van der Waals surface area contributed by atoms with Crippen molar-refractivity contribution in [2.24, 2.45) is 0 Å². The van der Waals surface area contributed by atoms with E-state index in [1.807, 2.05) is 31.3 Å². The van der Waals surface area contributed by atoms with Gasteiger partial charge in [0.05, 0.1) is 22.3 Å². The highest BCUT2D eigenvalue weighted by Gasteiger charge is 2.23. The first-order valence-corrected chi connectivity index (χ1v) is 19.5. The van der Waals surface area contributed by atoms with Gasteiger partial charge in [0.1, 0.15) is 11.6 Å². The summed E-state index contributed by atoms with van der Waals surface area (Å²) in [5, 5.41) is 11.7. The van der Waals surface area contributed by atoms with E-state index in [2.05, 4.69) is 172 Å². The van der Waals surface area contributed by atoms with Gasteiger partial charge in [-0.1, -0.05) is 109 Å². The van der Waals surface area contributed by atoms with Crippen molar-refractivity contribution < 1.29 is 5.11 Å². The van der Waals surface area contributed by atoms with Gasteiger partial charge in [0.15, 0.2) is 0 Å². The molecule has 0 fully saturated rings. The molecular formula is C53H43N3O. The van der Waals surface area contributed by atoms with E-state index in [0.29, 0.717) is 11.4 Å². The zero-order valence-corrected chi connectivity index (χ0v) is 32.9. The van der Waals surface area contributed by atoms with Gasteiger partial charge in [-0.15, -0.1) is 0 Å². The fourth-order valence-corrected chi connectivity index (χ4v) is 8.03. The van der Waals surface area contributed by atoms with Crippen LogP contribution in [0.5, 0.6) is 5.75 Å². The third-order valence-corrected chi connectivity index (χ3v) is 11.2. The summed E-state index contributed by atoms with van der Waals surface area (Å²) in [7, 11) is 0. The fraction of sp³-hybridized carbons (Fsp3) is 0.0943. The van der Waals surface area contributed by atoms with Crippen LogP contribution in [0.1, 0.15) is 27.8 Å². The Morgan fingerprint density at radius 1 is 0.456 bits per heavy atom. The molecule has 2 aromatic heterocycles. The van der Waals surface area contributed by atoms with Crippen molar-refractivity contribution in [1.82, 2.24) is 14.5 Å². The number of hydrogen-bond donors (Lipinski definition) is 1. The fourth-order valence-electron chi connectivity index (χ4n) is 8.03. The van der Waals surface area contributed by atoms with Crippen molar-refractivity contribution in [2.45, 2.75) is 34.6 Å². The Labute approximate surface area is 334 Å². The first-order valence-electron chi connectivity index (χ1n) is 19.5. The summed E-state index contributed by atoms with van der Waals surface area (Å²) in [5.41, 5.74) is 19.8. The third kappa shape index (κ3) is 6.70. The van der Waals surface area contributed by atoms with E-state index in [4.69, 9.17) is 9.97 Å². The van der Waals surface area contributed by atoms with Crippen LogP contribution in [0.4, 0.5) is 0 Å². The van der Waals surface area contributed by atoms with Crippen LogP contribution in [-0.4, -0.2) is 19.6 Å². The summed E-state index contributed by atoms with van der Waals surface area (Å²) in [5.74, 6) is 0.926. The number of aromatic nitrogens is 3. The largest absolute Gasteiger partial charge is 0.507 e. The molecule has 0 atom stereocenters. The second kappa shape index (κ2) is 14.6. The van der Waals surface area contributed by atoms with E-state index in [-0.39, 0.29) is 5.75 Å². The SMILES string of the molecule is Cc1ccc(-c2ccnc(-c3cc(-c4ccccc4)cc(-c4cccc5c4nc(-c4cc(C)cc(C)c4O)n5-c4cc(C)c(C)c(-c5ccccc5)c4)c3)c2)cc1. The Morgan fingerprint density at radius 3 is 1.89 bits per heavy atom. The molecule has 0 spiro atoms. The van der Waals surface area contributed by atoms with Crippen LogP contribution in [0.25, 0.3) is 83.9 Å². The number of fused-ring (bicyclic) bond motifs is 1. The molecule has 0 amide bonds. The Kier molecular flexibility index (Phi) is 9.10. The van der Waals surface area contributed by atoms with Crippen LogP contribution in [0.3, 0.4) is 0 Å². The van der Waals surface area contributed by atoms with E-state index < -0.39 is 0 Å². The monoisotopic (exact) mass is 737 g/mol. The van der Waals surface area contributed by atoms with E-state index in [1.165, 1.54) is 22.3 Å². The molecule has 0 bridgehead atoms. The lowest BCUT2D eigenvalue weighted by Crippen LogP contribution is -2.01. The molecule has 0 saturated heterocycles. The maximum atomic E-state index is 11.7. The van der Waals surface area contributed by atoms with Gasteiger partial charge >= 0.3 is 0 Å². The van der Waals surface area contributed by atoms with Gasteiger partial charge in [0.25, 0.3) is 0 Å². The lowest BCUT2D eigenvalue weighted by molar-refractivity contribution is 0.472. The predicted octanol–water partition coefficient (Wildman–Crippen LogP) is 13.7. The number of phenols is 1. The standard InChI is InChI=1S/C53H43N3O/c1-33-19-21-39(22-20-33)41-23-24-54-49(31-41)44-29-42(38-13-8-6-9-14-38)28-43(30-44)46-17-12-18-50-51(46)55-53(48-26-34(2)25-36(4)52(48)57)56(50)45-27-35(3)37(5)47(32-45)40-15-10-7-11-16-40/h6-32,57H,1-5H3. The first kappa shape index (κ1) is 35.6. The number of hydrogen-bond acceptors (Lipinski definition) is 3. The molecule has 276 valence electrons. The molecule has 0 unspecified atom stereocenters. The topological polar surface area (TPSA) is 50.9 Å². The number of rotatable bonds is 7. The summed E-state index contributed by atoms with van der Waals surface area (Å²) in [6.45, 7) is 10.5. The molecule has 0 aliphatic carbocycles. The first-order chi connectivity index (χ1) is 27.7. The summed E-state index contributed by atoms with van der Waals surface area (Å²) in [4.78, 5) is 10.4. The van der Waals surface area contributed by atoms with Crippen molar-refractivity contribution in [1.29, 1.82) is 0 Å². The van der Waals surface area contributed by atoms with Crippen molar-refractivity contribution in [3.8, 4) is 78.6 Å². The number of nitrogens with zero attached hydrogens (tertiary/aromatic N) is 3. The van der Waals surface area contributed by atoms with Crippen LogP contribution in [0.15, 0.2) is 164 Å². The number of benzene rings is 7. The number of imidazole rings is 1. The van der Waals surface area contributed by atoms with Crippen LogP contribution >= 0.6 is 0 Å². The minimum Gasteiger partial charge on any atom is -0.507 e. The molecule has 2 heterocycles. The summed E-state index contributed by atoms with van der Waals surface area (Å²) >= 11 is 0. The second-order valence-corrected chi connectivity index (χ2v) is 15.2. The number of pyridine rings is 1. The van der Waals surface area contributed by atoms with Crippen molar-refractivity contribution in [3.05, 3.63) is 192 Å². The van der Waals surface area contributed by atoms with Crippen LogP contribution in [-0.2, 0) is 0 Å². The van der Waals surface area contributed by atoms with Crippen LogP contribution < -0.4 is 0 Å². The Bertz CT molecular complexity index is 2940. The Balaban J connectivity index is 1.30. The van der Waals surface area contributed by atoms with Crippen molar-refractivity contribution in [2.75, 3.05) is 0 Å². The minimum absolute atomic E-state index is 0.235. The molecule has 9 rings (SSSR count). The van der Waals surface area contributed by atoms with Gasteiger partial charge in [-0.25, -0.2) is 4.98 Å². The zero-order chi connectivity index (χ0) is 39.2. The average molecular weight is 738 g/mol. The normalized spacial score (nSPS) is 11.3. The van der Waals surface area contributed by atoms with Gasteiger partial charge in [-0.05, 0) is 150 Å². The van der Waals surface area contributed by atoms with E-state index >= 15 is 0 Å². The maximum absolute atomic E-state index is 11.7. The number of aromatic hydroxyl groups is 1. The van der Waals surface area contributed by atoms with E-state index in [1.54, 1.807) is 0 Å². The number of para-hydroxylation sites is 1. The quantitative estimate of drug-likeness (QED) is 0.177. The van der Waals surface area contributed by atoms with Gasteiger partial charge in [-0.3, -0.25) is 9.55 Å². The molecule has 0 saturated carbocycles. The Morgan fingerprint density at radius 2 is 1.14 bits per heavy atom. The lowest BCUT2D eigenvalue weighted by atomic mass is 9.93. The number of aryl methyl sites for hydroxylation is 4. The minimum atomic E-state index is 0.235. The molecule has 9 aromatic rings. The van der Waals surface area contributed by atoms with Crippen molar-refractivity contribution >= 4 is 11.0 Å². The second-order valence-electron chi connectivity index (χ2n) is 15.2. The summed E-state index contributed by atoms with van der Waals surface area (Å²) in [6.07, 6.45) is 1.90. The molecule has 4 heteroatoms. The van der Waals surface area contributed by atoms with Crippen LogP contribution in [0.2, 0.25) is 0 Å². The average Bonchev–Trinajstić information content (AvgIpc) is 3.63. The summed E-state index contributed by atoms with van der Waals surface area (Å²) < 4.78 is 2.22. The Hall–Kier alpha value is -7.04. The van der Waals surface area contributed by atoms with Crippen LogP contribution in [0, 0.1) is 34.6 Å². The smallest absolute Gasteiger partial charge is 0.149 e. The molecule has 57 heavy (non-hydrogen) atoms. The van der Waals surface area contributed by atoms with E-state index in [9.17, 15) is 5.11 Å². The highest BCUT2D eigenvalue weighted by molar-refractivity contribution is 5.98. The third-order valence-electron chi connectivity index (χ3n) is 11.2. The maximum Gasteiger partial charge on any atom is 0.149 e. The molecule has 4 nitrogen and oxygen atoms in total. The highest BCUT2D eigenvalue weighted by Crippen LogP contribution is 2.42. The van der Waals surface area contributed by atoms with Gasteiger partial charge < -0.3 is 5.11 Å². The van der Waals surface area contributed by atoms with Gasteiger partial charge in [0.2, 0.25) is 0 Å². The molecular weight excluding hydrogens is 695 g/mol. The van der Waals surface area contributed by atoms with E-state index in [0.717, 1.165) is 78.0 Å². The van der Waals surface area contributed by atoms with Gasteiger partial charge in [-0.2, -0.15) is 0 Å². The number of phenolic OH excluding ortho intramolecular Hbond substituents is 1. The molecule has 1 N–H and O–H groups in total. The molecule has 7 aromatic carbocycles. The van der Waals surface area contributed by atoms with Crippen molar-refractivity contribution in [3.63, 3.8) is 0 Å². The lowest BCUT2D eigenvalue weighted by Gasteiger charge is -2.17. The zero-order valence-electron chi connectivity index (χ0n) is 32.9. The molecule has 0 aliphatic rings. The summed E-state index contributed by atoms with van der Waals surface area (Å²) in [6, 6.07) is 55.6.